The Balaban J connectivity index is 1.37. The van der Waals surface area contributed by atoms with E-state index in [9.17, 15) is 4.79 Å². The van der Waals surface area contributed by atoms with Crippen LogP contribution in [0.5, 0.6) is 0 Å². The number of carbonyl (C=O) groups excluding carboxylic acids is 1. The Morgan fingerprint density at radius 1 is 1.08 bits per heavy atom. The first-order chi connectivity index (χ1) is 12.3. The second-order valence-corrected chi connectivity index (χ2v) is 6.87. The van der Waals surface area contributed by atoms with Crippen LogP contribution in [0.4, 0.5) is 5.69 Å². The molecule has 130 valence electrons. The molecule has 25 heavy (non-hydrogen) atoms. The smallest absolute Gasteiger partial charge is 0.239 e. The number of hydrogen-bond donors (Lipinski definition) is 1. The van der Waals surface area contributed by atoms with Gasteiger partial charge in [0.2, 0.25) is 5.91 Å². The van der Waals surface area contributed by atoms with Crippen molar-refractivity contribution in [1.29, 1.82) is 0 Å². The van der Waals surface area contributed by atoms with Gasteiger partial charge in [-0.2, -0.15) is 0 Å². The average Bonchev–Trinajstić information content (AvgIpc) is 3.23. The number of hydrogen-bond acceptors (Lipinski definition) is 3. The molecular weight excluding hydrogens is 312 g/mol. The summed E-state index contributed by atoms with van der Waals surface area (Å²) in [6, 6.07) is 18.4. The maximum absolute atomic E-state index is 13.1. The van der Waals surface area contributed by atoms with Crippen LogP contribution in [0.25, 0.3) is 0 Å². The van der Waals surface area contributed by atoms with E-state index in [0.717, 1.165) is 31.6 Å². The van der Waals surface area contributed by atoms with Gasteiger partial charge in [0.15, 0.2) is 0 Å². The van der Waals surface area contributed by atoms with Crippen molar-refractivity contribution in [2.75, 3.05) is 31.1 Å². The maximum atomic E-state index is 13.1. The lowest BCUT2D eigenvalue weighted by Gasteiger charge is -2.22. The lowest BCUT2D eigenvalue weighted by molar-refractivity contribution is -0.122. The number of amides is 1. The van der Waals surface area contributed by atoms with Gasteiger partial charge in [-0.1, -0.05) is 48.5 Å². The van der Waals surface area contributed by atoms with Gasteiger partial charge in [0.1, 0.15) is 0 Å². The molecular formula is C21H24N2O2. The van der Waals surface area contributed by atoms with Crippen LogP contribution < -0.4 is 10.2 Å². The number of nitrogens with one attached hydrogen (secondary N) is 1. The SMILES string of the molecule is O=C1N(CCCOCc2ccccc2)c2ccccc2C12CCNC2. The molecule has 0 aromatic heterocycles. The second-order valence-electron chi connectivity index (χ2n) is 6.87. The molecule has 0 radical (unpaired) electrons. The first kappa shape index (κ1) is 16.3. The van der Waals surface area contributed by atoms with Crippen LogP contribution in [0.1, 0.15) is 24.0 Å². The van der Waals surface area contributed by atoms with Crippen molar-refractivity contribution < 1.29 is 9.53 Å². The summed E-state index contributed by atoms with van der Waals surface area (Å²) < 4.78 is 5.77. The zero-order valence-corrected chi connectivity index (χ0v) is 14.4. The quantitative estimate of drug-likeness (QED) is 0.825. The lowest BCUT2D eigenvalue weighted by Crippen LogP contribution is -2.42. The molecule has 4 heteroatoms. The van der Waals surface area contributed by atoms with E-state index in [0.29, 0.717) is 19.8 Å². The van der Waals surface area contributed by atoms with Crippen LogP contribution in [0, 0.1) is 0 Å². The third-order valence-corrected chi connectivity index (χ3v) is 5.30. The highest BCUT2D eigenvalue weighted by molar-refractivity contribution is 6.08. The molecule has 4 nitrogen and oxygen atoms in total. The Morgan fingerprint density at radius 3 is 2.68 bits per heavy atom. The van der Waals surface area contributed by atoms with Gasteiger partial charge in [-0.25, -0.2) is 0 Å². The van der Waals surface area contributed by atoms with E-state index in [1.807, 2.05) is 35.2 Å². The molecule has 2 heterocycles. The van der Waals surface area contributed by atoms with Gasteiger partial charge < -0.3 is 15.0 Å². The zero-order valence-electron chi connectivity index (χ0n) is 14.4. The molecule has 2 aromatic carbocycles. The molecule has 4 rings (SSSR count). The minimum Gasteiger partial charge on any atom is -0.377 e. The summed E-state index contributed by atoms with van der Waals surface area (Å²) in [7, 11) is 0. The minimum atomic E-state index is -0.346. The van der Waals surface area contributed by atoms with Gasteiger partial charge >= 0.3 is 0 Å². The molecule has 1 fully saturated rings. The third kappa shape index (κ3) is 2.96. The summed E-state index contributed by atoms with van der Waals surface area (Å²) in [4.78, 5) is 15.1. The van der Waals surface area contributed by atoms with Crippen molar-refractivity contribution in [3.8, 4) is 0 Å². The Labute approximate surface area is 148 Å². The molecule has 0 aliphatic carbocycles. The first-order valence-corrected chi connectivity index (χ1v) is 9.05. The predicted molar refractivity (Wildman–Crippen MR) is 98.7 cm³/mol. The van der Waals surface area contributed by atoms with E-state index in [2.05, 4.69) is 29.6 Å². The Hall–Kier alpha value is -2.17. The second kappa shape index (κ2) is 6.98. The summed E-state index contributed by atoms with van der Waals surface area (Å²) in [6.07, 6.45) is 1.74. The summed E-state index contributed by atoms with van der Waals surface area (Å²) >= 11 is 0. The van der Waals surface area contributed by atoms with Gasteiger partial charge in [0.25, 0.3) is 0 Å². The Kier molecular flexibility index (Phi) is 4.55. The van der Waals surface area contributed by atoms with E-state index < -0.39 is 0 Å². The predicted octanol–water partition coefficient (Wildman–Crippen LogP) is 2.87. The fourth-order valence-corrected chi connectivity index (χ4v) is 4.01. The molecule has 2 aliphatic heterocycles. The highest BCUT2D eigenvalue weighted by Crippen LogP contribution is 2.45. The topological polar surface area (TPSA) is 41.6 Å². The van der Waals surface area contributed by atoms with Crippen molar-refractivity contribution in [2.24, 2.45) is 0 Å². The molecule has 0 saturated carbocycles. The molecule has 1 N–H and O–H groups in total. The Morgan fingerprint density at radius 2 is 1.88 bits per heavy atom. The van der Waals surface area contributed by atoms with Gasteiger partial charge in [-0.05, 0) is 36.6 Å². The highest BCUT2D eigenvalue weighted by atomic mass is 16.5. The van der Waals surface area contributed by atoms with Crippen molar-refractivity contribution in [1.82, 2.24) is 5.32 Å². The molecule has 1 unspecified atom stereocenters. The van der Waals surface area contributed by atoms with Gasteiger partial charge in [-0.3, -0.25) is 4.79 Å². The van der Waals surface area contributed by atoms with Crippen LogP contribution in [-0.2, 0) is 21.6 Å². The van der Waals surface area contributed by atoms with Gasteiger partial charge in [0.05, 0.1) is 12.0 Å². The number of carbonyl (C=O) groups is 1. The fourth-order valence-electron chi connectivity index (χ4n) is 4.01. The number of fused-ring (bicyclic) bond motifs is 2. The molecule has 2 aromatic rings. The number of rotatable bonds is 6. The standard InChI is InChI=1S/C21H24N2O2/c24-20-21(11-12-22-16-21)18-9-4-5-10-19(18)23(20)13-6-14-25-15-17-7-2-1-3-8-17/h1-5,7-10,22H,6,11-16H2. The van der Waals surface area contributed by atoms with Crippen molar-refractivity contribution in [3.63, 3.8) is 0 Å². The zero-order chi connectivity index (χ0) is 17.1. The van der Waals surface area contributed by atoms with Gasteiger partial charge in [0, 0.05) is 25.4 Å². The summed E-state index contributed by atoms with van der Waals surface area (Å²) in [5.74, 6) is 0.252. The Bertz CT molecular complexity index is 739. The van der Waals surface area contributed by atoms with Crippen LogP contribution in [0.15, 0.2) is 54.6 Å². The van der Waals surface area contributed by atoms with E-state index in [1.165, 1.54) is 11.1 Å². The molecule has 1 amide bonds. The monoisotopic (exact) mass is 336 g/mol. The van der Waals surface area contributed by atoms with E-state index in [4.69, 9.17) is 4.74 Å². The third-order valence-electron chi connectivity index (χ3n) is 5.30. The van der Waals surface area contributed by atoms with Crippen molar-refractivity contribution >= 4 is 11.6 Å². The molecule has 0 bridgehead atoms. The summed E-state index contributed by atoms with van der Waals surface area (Å²) in [5.41, 5.74) is 3.11. The van der Waals surface area contributed by atoms with Crippen LogP contribution in [0.3, 0.4) is 0 Å². The largest absolute Gasteiger partial charge is 0.377 e. The van der Waals surface area contributed by atoms with Crippen LogP contribution >= 0.6 is 0 Å². The molecule has 1 saturated heterocycles. The normalized spacial score (nSPS) is 21.9. The van der Waals surface area contributed by atoms with E-state index >= 15 is 0 Å². The van der Waals surface area contributed by atoms with E-state index in [1.54, 1.807) is 0 Å². The van der Waals surface area contributed by atoms with Crippen LogP contribution in [0.2, 0.25) is 0 Å². The number of anilines is 1. The molecule has 1 atom stereocenters. The fraction of sp³-hybridized carbons (Fsp3) is 0.381. The number of ether oxygens (including phenoxy) is 1. The summed E-state index contributed by atoms with van der Waals surface area (Å²) in [5, 5.41) is 3.37. The minimum absolute atomic E-state index is 0.252. The number of nitrogens with zero attached hydrogens (tertiary/aromatic N) is 1. The van der Waals surface area contributed by atoms with Gasteiger partial charge in [-0.15, -0.1) is 0 Å². The summed E-state index contributed by atoms with van der Waals surface area (Å²) in [6.45, 7) is 3.66. The average molecular weight is 336 g/mol. The molecule has 2 aliphatic rings. The highest BCUT2D eigenvalue weighted by Gasteiger charge is 2.51. The van der Waals surface area contributed by atoms with Crippen molar-refractivity contribution in [2.45, 2.75) is 24.9 Å². The lowest BCUT2D eigenvalue weighted by atomic mass is 9.81. The van der Waals surface area contributed by atoms with E-state index in [-0.39, 0.29) is 11.3 Å². The first-order valence-electron chi connectivity index (χ1n) is 9.05. The van der Waals surface area contributed by atoms with Crippen LogP contribution in [-0.4, -0.2) is 32.1 Å². The maximum Gasteiger partial charge on any atom is 0.239 e. The van der Waals surface area contributed by atoms with Crippen molar-refractivity contribution in [3.05, 3.63) is 65.7 Å². The number of para-hydroxylation sites is 1. The number of benzene rings is 2. The molecule has 1 spiro atoms.